The standard InChI is InChI=1S/C12H18.C3H8.C2H6/c1-2-3-4-6-9-12-10-7-5-8-11-12;1-3-2;1-2/h5,7-8,10-11H,2-4,6,9H2,1H3;3H2,1-2H3;1-2H3. The summed E-state index contributed by atoms with van der Waals surface area (Å²) in [6.07, 6.45) is 7.94. The first-order valence-electron chi connectivity index (χ1n) is 7.39. The first-order valence-corrected chi connectivity index (χ1v) is 7.39. The molecule has 0 aliphatic rings. The molecule has 0 heterocycles. The maximum Gasteiger partial charge on any atom is -0.0279 e. The second-order valence-corrected chi connectivity index (χ2v) is 4.00. The average Bonchev–Trinajstić information content (AvgIpc) is 2.39. The normalized spacial score (nSPS) is 8.53. The van der Waals surface area contributed by atoms with Crippen LogP contribution in [0.25, 0.3) is 0 Å². The molecule has 0 atom stereocenters. The first kappa shape index (κ1) is 18.6. The molecule has 100 valence electrons. The zero-order valence-electron chi connectivity index (χ0n) is 12.6. The predicted molar refractivity (Wildman–Crippen MR) is 81.6 cm³/mol. The summed E-state index contributed by atoms with van der Waals surface area (Å²) < 4.78 is 0. The third-order valence-electron chi connectivity index (χ3n) is 2.16. The van der Waals surface area contributed by atoms with Crippen molar-refractivity contribution < 1.29 is 0 Å². The molecule has 0 fully saturated rings. The van der Waals surface area contributed by atoms with Gasteiger partial charge in [-0.05, 0) is 18.4 Å². The molecule has 1 aromatic carbocycles. The number of hydrogen-bond donors (Lipinski definition) is 0. The van der Waals surface area contributed by atoms with Crippen LogP contribution >= 0.6 is 0 Å². The van der Waals surface area contributed by atoms with Crippen molar-refractivity contribution in [2.24, 2.45) is 0 Å². The molecule has 0 nitrogen and oxygen atoms in total. The van der Waals surface area contributed by atoms with E-state index in [0.29, 0.717) is 0 Å². The largest absolute Gasteiger partial charge is 0.0683 e. The van der Waals surface area contributed by atoms with Gasteiger partial charge in [-0.15, -0.1) is 0 Å². The van der Waals surface area contributed by atoms with Crippen LogP contribution in [0.15, 0.2) is 30.3 Å². The fourth-order valence-electron chi connectivity index (χ4n) is 1.40. The van der Waals surface area contributed by atoms with Crippen molar-refractivity contribution in [1.82, 2.24) is 0 Å². The van der Waals surface area contributed by atoms with Crippen molar-refractivity contribution in [2.45, 2.75) is 73.1 Å². The Morgan fingerprint density at radius 1 is 0.765 bits per heavy atom. The van der Waals surface area contributed by atoms with Gasteiger partial charge in [0.15, 0.2) is 0 Å². The summed E-state index contributed by atoms with van der Waals surface area (Å²) in [5.74, 6) is 0. The molecule has 1 aromatic rings. The zero-order chi connectivity index (χ0) is 13.4. The van der Waals surface area contributed by atoms with Crippen molar-refractivity contribution in [3.8, 4) is 0 Å². The molecule has 0 radical (unpaired) electrons. The van der Waals surface area contributed by atoms with Crippen molar-refractivity contribution in [3.63, 3.8) is 0 Å². The summed E-state index contributed by atoms with van der Waals surface area (Å²) in [4.78, 5) is 0. The Morgan fingerprint density at radius 2 is 1.29 bits per heavy atom. The molecule has 0 aliphatic heterocycles. The van der Waals surface area contributed by atoms with E-state index in [1.165, 1.54) is 44.1 Å². The SMILES string of the molecule is CC.CCC.CCCCCCc1ccccc1. The van der Waals surface area contributed by atoms with E-state index in [9.17, 15) is 0 Å². The van der Waals surface area contributed by atoms with Gasteiger partial charge >= 0.3 is 0 Å². The molecule has 0 bridgehead atoms. The van der Waals surface area contributed by atoms with Gasteiger partial charge in [0.1, 0.15) is 0 Å². The van der Waals surface area contributed by atoms with E-state index in [2.05, 4.69) is 51.1 Å². The Balaban J connectivity index is 0. The van der Waals surface area contributed by atoms with Crippen LogP contribution in [0.3, 0.4) is 0 Å². The molecule has 17 heavy (non-hydrogen) atoms. The van der Waals surface area contributed by atoms with Crippen molar-refractivity contribution in [1.29, 1.82) is 0 Å². The van der Waals surface area contributed by atoms with Gasteiger partial charge < -0.3 is 0 Å². The van der Waals surface area contributed by atoms with Gasteiger partial charge in [-0.3, -0.25) is 0 Å². The molecule has 0 aromatic heterocycles. The summed E-state index contributed by atoms with van der Waals surface area (Å²) >= 11 is 0. The number of aryl methyl sites for hydroxylation is 1. The van der Waals surface area contributed by atoms with Crippen LogP contribution in [0.4, 0.5) is 0 Å². The van der Waals surface area contributed by atoms with Crippen molar-refractivity contribution in [3.05, 3.63) is 35.9 Å². The number of unbranched alkanes of at least 4 members (excludes halogenated alkanes) is 3. The van der Waals surface area contributed by atoms with E-state index in [1.54, 1.807) is 0 Å². The molecule has 0 aliphatic carbocycles. The molecular formula is C17H32. The smallest absolute Gasteiger partial charge is 0.0279 e. The summed E-state index contributed by atoms with van der Waals surface area (Å²) in [5.41, 5.74) is 1.48. The highest BCUT2D eigenvalue weighted by Gasteiger charge is 1.90. The maximum atomic E-state index is 2.25. The molecule has 0 unspecified atom stereocenters. The molecule has 0 amide bonds. The third-order valence-corrected chi connectivity index (χ3v) is 2.16. The highest BCUT2D eigenvalue weighted by atomic mass is 14.0. The Morgan fingerprint density at radius 3 is 1.76 bits per heavy atom. The zero-order valence-corrected chi connectivity index (χ0v) is 12.6. The van der Waals surface area contributed by atoms with Crippen LogP contribution in [-0.4, -0.2) is 0 Å². The van der Waals surface area contributed by atoms with Crippen LogP contribution in [0.5, 0.6) is 0 Å². The molecule has 0 N–H and O–H groups in total. The van der Waals surface area contributed by atoms with Crippen LogP contribution in [0, 0.1) is 0 Å². The Bertz CT molecular complexity index is 201. The van der Waals surface area contributed by atoms with E-state index in [1.807, 2.05) is 13.8 Å². The monoisotopic (exact) mass is 236 g/mol. The summed E-state index contributed by atoms with van der Waals surface area (Å²) in [6, 6.07) is 10.7. The maximum absolute atomic E-state index is 2.25. The van der Waals surface area contributed by atoms with Crippen molar-refractivity contribution in [2.75, 3.05) is 0 Å². The lowest BCUT2D eigenvalue weighted by Gasteiger charge is -1.99. The topological polar surface area (TPSA) is 0 Å². The van der Waals surface area contributed by atoms with Crippen molar-refractivity contribution >= 4 is 0 Å². The van der Waals surface area contributed by atoms with Gasteiger partial charge in [-0.25, -0.2) is 0 Å². The van der Waals surface area contributed by atoms with Gasteiger partial charge in [-0.1, -0.05) is 90.6 Å². The highest BCUT2D eigenvalue weighted by molar-refractivity contribution is 5.14. The van der Waals surface area contributed by atoms with E-state index in [4.69, 9.17) is 0 Å². The van der Waals surface area contributed by atoms with Crippen LogP contribution in [0.2, 0.25) is 0 Å². The minimum atomic E-state index is 1.25. The van der Waals surface area contributed by atoms with Gasteiger partial charge in [0.05, 0.1) is 0 Å². The Kier molecular flexibility index (Phi) is 19.2. The number of benzene rings is 1. The second-order valence-electron chi connectivity index (χ2n) is 4.00. The van der Waals surface area contributed by atoms with Crippen LogP contribution < -0.4 is 0 Å². The summed E-state index contributed by atoms with van der Waals surface area (Å²) in [5, 5.41) is 0. The van der Waals surface area contributed by atoms with E-state index in [-0.39, 0.29) is 0 Å². The minimum Gasteiger partial charge on any atom is -0.0683 e. The highest BCUT2D eigenvalue weighted by Crippen LogP contribution is 2.06. The molecule has 0 saturated carbocycles. The Labute approximate surface area is 109 Å². The van der Waals surface area contributed by atoms with Crippen LogP contribution in [0.1, 0.15) is 72.3 Å². The average molecular weight is 236 g/mol. The van der Waals surface area contributed by atoms with Gasteiger partial charge in [0.2, 0.25) is 0 Å². The second kappa shape index (κ2) is 17.6. The quantitative estimate of drug-likeness (QED) is 0.530. The van der Waals surface area contributed by atoms with Gasteiger partial charge in [0.25, 0.3) is 0 Å². The fourth-order valence-corrected chi connectivity index (χ4v) is 1.40. The summed E-state index contributed by atoms with van der Waals surface area (Å²) in [6.45, 7) is 10.5. The van der Waals surface area contributed by atoms with Crippen LogP contribution in [-0.2, 0) is 6.42 Å². The lowest BCUT2D eigenvalue weighted by molar-refractivity contribution is 0.667. The number of hydrogen-bond acceptors (Lipinski definition) is 0. The number of rotatable bonds is 5. The van der Waals surface area contributed by atoms with Gasteiger partial charge in [-0.2, -0.15) is 0 Å². The minimum absolute atomic E-state index is 1.25. The fraction of sp³-hybridized carbons (Fsp3) is 0.647. The lowest BCUT2D eigenvalue weighted by atomic mass is 10.1. The molecular weight excluding hydrogens is 204 g/mol. The van der Waals surface area contributed by atoms with E-state index >= 15 is 0 Å². The Hall–Kier alpha value is -0.780. The third kappa shape index (κ3) is 15.2. The van der Waals surface area contributed by atoms with Gasteiger partial charge in [0, 0.05) is 0 Å². The molecule has 0 heteroatoms. The molecule has 1 rings (SSSR count). The molecule has 0 spiro atoms. The summed E-state index contributed by atoms with van der Waals surface area (Å²) in [7, 11) is 0. The van der Waals surface area contributed by atoms with E-state index in [0.717, 1.165) is 0 Å². The van der Waals surface area contributed by atoms with E-state index < -0.39 is 0 Å². The first-order chi connectivity index (χ1) is 8.35. The predicted octanol–water partition coefficient (Wildman–Crippen LogP) is 6.25. The molecule has 0 saturated heterocycles. The lowest BCUT2D eigenvalue weighted by Crippen LogP contribution is -1.84.